The van der Waals surface area contributed by atoms with Crippen molar-refractivity contribution < 1.29 is 4.39 Å². The van der Waals surface area contributed by atoms with Gasteiger partial charge in [-0.05, 0) is 76.6 Å². The lowest BCUT2D eigenvalue weighted by Crippen LogP contribution is -2.39. The average Bonchev–Trinajstić information content (AvgIpc) is 2.60. The molecule has 1 aromatic carbocycles. The minimum atomic E-state index is -0.196. The van der Waals surface area contributed by atoms with E-state index < -0.39 is 0 Å². The zero-order valence-electron chi connectivity index (χ0n) is 16.8. The Labute approximate surface area is 157 Å². The van der Waals surface area contributed by atoms with Crippen LogP contribution in [-0.4, -0.2) is 23.8 Å². The number of rotatable bonds is 4. The van der Waals surface area contributed by atoms with Crippen LogP contribution in [-0.2, 0) is 0 Å². The zero-order valence-corrected chi connectivity index (χ0v) is 16.8. The molecule has 140 valence electrons. The predicted molar refractivity (Wildman–Crippen MR) is 111 cm³/mol. The van der Waals surface area contributed by atoms with Gasteiger partial charge in [0, 0.05) is 24.4 Å². The minimum absolute atomic E-state index is 0.196. The van der Waals surface area contributed by atoms with Gasteiger partial charge in [0.05, 0.1) is 0 Å². The van der Waals surface area contributed by atoms with E-state index in [4.69, 9.17) is 0 Å². The van der Waals surface area contributed by atoms with Crippen LogP contribution in [0.2, 0.25) is 0 Å². The number of nitrogens with zero attached hydrogens (tertiary/aromatic N) is 2. The Balaban J connectivity index is 2.24. The van der Waals surface area contributed by atoms with E-state index in [1.807, 2.05) is 13.0 Å². The summed E-state index contributed by atoms with van der Waals surface area (Å²) in [6, 6.07) is 5.11. The van der Waals surface area contributed by atoms with Crippen LogP contribution in [0.5, 0.6) is 0 Å². The Morgan fingerprint density at radius 3 is 2.23 bits per heavy atom. The summed E-state index contributed by atoms with van der Waals surface area (Å²) in [6.45, 7) is 20.4. The van der Waals surface area contributed by atoms with Crippen LogP contribution in [0.15, 0.2) is 53.2 Å². The average molecular weight is 355 g/mol. The number of aliphatic imine (C=N–C) groups is 1. The molecule has 1 aliphatic rings. The van der Waals surface area contributed by atoms with Crippen molar-refractivity contribution in [2.75, 3.05) is 13.1 Å². The van der Waals surface area contributed by atoms with Gasteiger partial charge in [0.1, 0.15) is 11.7 Å². The van der Waals surface area contributed by atoms with Crippen molar-refractivity contribution in [3.05, 3.63) is 65.1 Å². The molecule has 0 amide bonds. The first kappa shape index (κ1) is 20.2. The number of hydrogen-bond donors (Lipinski definition) is 0. The van der Waals surface area contributed by atoms with E-state index in [-0.39, 0.29) is 5.82 Å². The number of piperidine rings is 1. The molecule has 1 heterocycles. The standard InChI is InChI=1S/C23H31FN2/c1-15(2)18(6)20-10-12-26(13-11-20)23(25-16(3)4)19(7)21-8-9-22(24)17(5)14-21/h8-9,14,20H,3,7,10-13H2,1-2,4-6H3. The second-order valence-electron chi connectivity index (χ2n) is 7.56. The highest BCUT2D eigenvalue weighted by atomic mass is 19.1. The van der Waals surface area contributed by atoms with Gasteiger partial charge in [-0.3, -0.25) is 0 Å². The number of hydrogen-bond acceptors (Lipinski definition) is 1. The van der Waals surface area contributed by atoms with E-state index in [1.165, 1.54) is 17.2 Å². The van der Waals surface area contributed by atoms with E-state index in [9.17, 15) is 4.39 Å². The van der Waals surface area contributed by atoms with Crippen LogP contribution < -0.4 is 0 Å². The second kappa shape index (κ2) is 8.48. The molecule has 0 saturated carbocycles. The highest BCUT2D eigenvalue weighted by Crippen LogP contribution is 2.29. The SMILES string of the molecule is C=C(C)N=C(C(=C)c1ccc(F)c(C)c1)N1CCC(C(C)=C(C)C)CC1. The highest BCUT2D eigenvalue weighted by molar-refractivity contribution is 6.22. The Kier molecular flexibility index (Phi) is 6.57. The van der Waals surface area contributed by atoms with Crippen LogP contribution in [0.4, 0.5) is 4.39 Å². The topological polar surface area (TPSA) is 15.6 Å². The summed E-state index contributed by atoms with van der Waals surface area (Å²) >= 11 is 0. The van der Waals surface area contributed by atoms with Gasteiger partial charge in [0.15, 0.2) is 0 Å². The number of amidine groups is 1. The number of halogens is 1. The smallest absolute Gasteiger partial charge is 0.136 e. The first-order valence-electron chi connectivity index (χ1n) is 9.29. The Morgan fingerprint density at radius 2 is 1.73 bits per heavy atom. The van der Waals surface area contributed by atoms with Crippen molar-refractivity contribution in [3.63, 3.8) is 0 Å². The molecule has 0 bridgehead atoms. The zero-order chi connectivity index (χ0) is 19.4. The van der Waals surface area contributed by atoms with Crippen molar-refractivity contribution in [2.45, 2.75) is 47.5 Å². The summed E-state index contributed by atoms with van der Waals surface area (Å²) in [6.07, 6.45) is 2.23. The van der Waals surface area contributed by atoms with Crippen molar-refractivity contribution in [1.82, 2.24) is 4.90 Å². The summed E-state index contributed by atoms with van der Waals surface area (Å²) in [7, 11) is 0. The van der Waals surface area contributed by atoms with Crippen molar-refractivity contribution in [2.24, 2.45) is 10.9 Å². The Bertz CT molecular complexity index is 758. The molecular formula is C23H31FN2. The van der Waals surface area contributed by atoms with Crippen molar-refractivity contribution in [1.29, 1.82) is 0 Å². The van der Waals surface area contributed by atoms with Gasteiger partial charge in [-0.1, -0.05) is 30.4 Å². The quantitative estimate of drug-likeness (QED) is 0.360. The Hall–Kier alpha value is -2.16. The normalized spacial score (nSPS) is 15.8. The third-order valence-electron chi connectivity index (χ3n) is 5.27. The van der Waals surface area contributed by atoms with Crippen LogP contribution in [0, 0.1) is 18.7 Å². The third kappa shape index (κ3) is 4.72. The third-order valence-corrected chi connectivity index (χ3v) is 5.27. The molecule has 0 spiro atoms. The van der Waals surface area contributed by atoms with E-state index in [1.54, 1.807) is 13.0 Å². The molecule has 0 N–H and O–H groups in total. The van der Waals surface area contributed by atoms with Gasteiger partial charge < -0.3 is 4.90 Å². The summed E-state index contributed by atoms with van der Waals surface area (Å²) in [5, 5.41) is 0. The molecule has 1 saturated heterocycles. The number of likely N-dealkylation sites (tertiary alicyclic amines) is 1. The van der Waals surface area contributed by atoms with E-state index in [0.29, 0.717) is 11.5 Å². The molecule has 2 nitrogen and oxygen atoms in total. The van der Waals surface area contributed by atoms with Crippen LogP contribution in [0.3, 0.4) is 0 Å². The van der Waals surface area contributed by atoms with Gasteiger partial charge in [-0.2, -0.15) is 0 Å². The van der Waals surface area contributed by atoms with Gasteiger partial charge >= 0.3 is 0 Å². The molecule has 2 rings (SSSR count). The second-order valence-corrected chi connectivity index (χ2v) is 7.56. The number of allylic oxidation sites excluding steroid dienone is 3. The first-order valence-corrected chi connectivity index (χ1v) is 9.29. The minimum Gasteiger partial charge on any atom is -0.356 e. The van der Waals surface area contributed by atoms with E-state index >= 15 is 0 Å². The summed E-state index contributed by atoms with van der Waals surface area (Å²) in [4.78, 5) is 6.97. The lowest BCUT2D eigenvalue weighted by molar-refractivity contribution is 0.291. The molecule has 1 fully saturated rings. The molecule has 0 radical (unpaired) electrons. The molecule has 0 unspecified atom stereocenters. The molecule has 0 aromatic heterocycles. The van der Waals surface area contributed by atoms with Crippen molar-refractivity contribution >= 4 is 11.4 Å². The van der Waals surface area contributed by atoms with Crippen LogP contribution in [0.1, 0.15) is 51.7 Å². The molecule has 0 aliphatic carbocycles. The monoisotopic (exact) mass is 354 g/mol. The summed E-state index contributed by atoms with van der Waals surface area (Å²) < 4.78 is 13.6. The van der Waals surface area contributed by atoms with Gasteiger partial charge in [-0.15, -0.1) is 0 Å². The lowest BCUT2D eigenvalue weighted by atomic mass is 9.87. The fourth-order valence-corrected chi connectivity index (χ4v) is 3.40. The summed E-state index contributed by atoms with van der Waals surface area (Å²) in [5.41, 5.74) is 6.04. The predicted octanol–water partition coefficient (Wildman–Crippen LogP) is 6.15. The van der Waals surface area contributed by atoms with Crippen LogP contribution in [0.25, 0.3) is 5.57 Å². The molecule has 1 aliphatic heterocycles. The number of aryl methyl sites for hydroxylation is 1. The van der Waals surface area contributed by atoms with E-state index in [0.717, 1.165) is 48.6 Å². The first-order chi connectivity index (χ1) is 12.2. The fourth-order valence-electron chi connectivity index (χ4n) is 3.40. The molecule has 3 heteroatoms. The highest BCUT2D eigenvalue weighted by Gasteiger charge is 2.25. The van der Waals surface area contributed by atoms with E-state index in [2.05, 4.69) is 43.8 Å². The molecule has 0 atom stereocenters. The van der Waals surface area contributed by atoms with Crippen LogP contribution >= 0.6 is 0 Å². The maximum absolute atomic E-state index is 13.6. The van der Waals surface area contributed by atoms with Gasteiger partial charge in [0.25, 0.3) is 0 Å². The van der Waals surface area contributed by atoms with Crippen molar-refractivity contribution in [3.8, 4) is 0 Å². The molecule has 1 aromatic rings. The van der Waals surface area contributed by atoms with Gasteiger partial charge in [-0.25, -0.2) is 9.38 Å². The fraction of sp³-hybridized carbons (Fsp3) is 0.435. The maximum atomic E-state index is 13.6. The Morgan fingerprint density at radius 1 is 1.12 bits per heavy atom. The largest absolute Gasteiger partial charge is 0.356 e. The lowest BCUT2D eigenvalue weighted by Gasteiger charge is -2.35. The van der Waals surface area contributed by atoms with Gasteiger partial charge in [0.2, 0.25) is 0 Å². The molecule has 26 heavy (non-hydrogen) atoms. The summed E-state index contributed by atoms with van der Waals surface area (Å²) in [5.74, 6) is 1.30. The number of benzene rings is 1. The molecular weight excluding hydrogens is 323 g/mol. The maximum Gasteiger partial charge on any atom is 0.136 e.